The minimum Gasteiger partial charge on any atom is -0.378 e. The van der Waals surface area contributed by atoms with E-state index in [2.05, 4.69) is 20.2 Å². The van der Waals surface area contributed by atoms with E-state index in [0.717, 1.165) is 24.2 Å². The summed E-state index contributed by atoms with van der Waals surface area (Å²) in [7, 11) is 0. The fraction of sp³-hybridized carbons (Fsp3) is 0.353. The van der Waals surface area contributed by atoms with Crippen LogP contribution < -0.4 is 10.2 Å². The molecule has 6 heteroatoms. The van der Waals surface area contributed by atoms with Gasteiger partial charge in [-0.05, 0) is 18.1 Å². The molecule has 1 N–H and O–H groups in total. The molecule has 1 aliphatic heterocycles. The highest BCUT2D eigenvalue weighted by atomic mass is 16.5. The van der Waals surface area contributed by atoms with Crippen LogP contribution in [0, 0.1) is 6.92 Å². The van der Waals surface area contributed by atoms with E-state index in [1.54, 1.807) is 12.4 Å². The molecule has 0 atom stereocenters. The fourth-order valence-corrected chi connectivity index (χ4v) is 2.45. The highest BCUT2D eigenvalue weighted by molar-refractivity contribution is 5.93. The van der Waals surface area contributed by atoms with Crippen LogP contribution in [-0.4, -0.2) is 42.2 Å². The standard InChI is InChI=1S/C17H20N4O2/c1-13-4-2-3-5-14(13)10-18-16(22)15-11-19-17(20-12-15)21-6-8-23-9-7-21/h2-5,11-12H,6-10H2,1H3,(H,18,22). The number of aromatic nitrogens is 2. The Bertz CT molecular complexity index is 667. The van der Waals surface area contributed by atoms with Crippen LogP contribution in [0.25, 0.3) is 0 Å². The quantitative estimate of drug-likeness (QED) is 0.928. The van der Waals surface area contributed by atoms with Gasteiger partial charge in [-0.15, -0.1) is 0 Å². The van der Waals surface area contributed by atoms with Crippen molar-refractivity contribution in [3.8, 4) is 0 Å². The Balaban J connectivity index is 1.60. The van der Waals surface area contributed by atoms with E-state index in [-0.39, 0.29) is 5.91 Å². The number of rotatable bonds is 4. The van der Waals surface area contributed by atoms with Crippen molar-refractivity contribution in [3.63, 3.8) is 0 Å². The second-order valence-electron chi connectivity index (χ2n) is 5.48. The average molecular weight is 312 g/mol. The maximum Gasteiger partial charge on any atom is 0.254 e. The van der Waals surface area contributed by atoms with Crippen molar-refractivity contribution < 1.29 is 9.53 Å². The van der Waals surface area contributed by atoms with Crippen molar-refractivity contribution in [2.24, 2.45) is 0 Å². The van der Waals surface area contributed by atoms with Crippen LogP contribution >= 0.6 is 0 Å². The summed E-state index contributed by atoms with van der Waals surface area (Å²) < 4.78 is 5.31. The average Bonchev–Trinajstić information content (AvgIpc) is 2.62. The first-order valence-electron chi connectivity index (χ1n) is 7.71. The second-order valence-corrected chi connectivity index (χ2v) is 5.48. The lowest BCUT2D eigenvalue weighted by atomic mass is 10.1. The maximum atomic E-state index is 12.2. The van der Waals surface area contributed by atoms with Gasteiger partial charge in [-0.25, -0.2) is 9.97 Å². The van der Waals surface area contributed by atoms with Crippen LogP contribution in [0.4, 0.5) is 5.95 Å². The second kappa shape index (κ2) is 7.19. The molecule has 0 spiro atoms. The predicted octanol–water partition coefficient (Wildman–Crippen LogP) is 1.55. The Morgan fingerprint density at radius 3 is 2.61 bits per heavy atom. The minimum absolute atomic E-state index is 0.165. The van der Waals surface area contributed by atoms with E-state index in [0.29, 0.717) is 31.3 Å². The van der Waals surface area contributed by atoms with E-state index in [1.165, 1.54) is 0 Å². The zero-order chi connectivity index (χ0) is 16.1. The van der Waals surface area contributed by atoms with Gasteiger partial charge in [0, 0.05) is 32.0 Å². The molecule has 0 aliphatic carbocycles. The first-order chi connectivity index (χ1) is 11.2. The molecule has 2 aromatic rings. The number of carbonyl (C=O) groups excluding carboxylic acids is 1. The lowest BCUT2D eigenvalue weighted by Gasteiger charge is -2.26. The summed E-state index contributed by atoms with van der Waals surface area (Å²) in [6.45, 7) is 5.44. The monoisotopic (exact) mass is 312 g/mol. The van der Waals surface area contributed by atoms with Gasteiger partial charge in [0.2, 0.25) is 5.95 Å². The SMILES string of the molecule is Cc1ccccc1CNC(=O)c1cnc(N2CCOCC2)nc1. The summed E-state index contributed by atoms with van der Waals surface area (Å²) in [5.74, 6) is 0.477. The molecule has 1 aromatic heterocycles. The van der Waals surface area contributed by atoms with Crippen LogP contribution in [-0.2, 0) is 11.3 Å². The van der Waals surface area contributed by atoms with Gasteiger partial charge in [-0.2, -0.15) is 0 Å². The minimum atomic E-state index is -0.165. The number of nitrogens with zero attached hydrogens (tertiary/aromatic N) is 3. The molecule has 0 bridgehead atoms. The number of benzene rings is 1. The third-order valence-corrected chi connectivity index (χ3v) is 3.89. The number of anilines is 1. The molecule has 6 nitrogen and oxygen atoms in total. The number of hydrogen-bond acceptors (Lipinski definition) is 5. The Morgan fingerprint density at radius 2 is 1.91 bits per heavy atom. The molecule has 0 radical (unpaired) electrons. The summed E-state index contributed by atoms with van der Waals surface area (Å²) in [5, 5.41) is 2.90. The molecule has 3 rings (SSSR count). The van der Waals surface area contributed by atoms with Crippen LogP contribution in [0.15, 0.2) is 36.7 Å². The number of morpholine rings is 1. The van der Waals surface area contributed by atoms with E-state index < -0.39 is 0 Å². The van der Waals surface area contributed by atoms with Gasteiger partial charge in [-0.1, -0.05) is 24.3 Å². The Morgan fingerprint density at radius 1 is 1.22 bits per heavy atom. The summed E-state index contributed by atoms with van der Waals surface area (Å²) in [6.07, 6.45) is 3.15. The lowest BCUT2D eigenvalue weighted by Crippen LogP contribution is -2.37. The number of carbonyl (C=O) groups is 1. The van der Waals surface area contributed by atoms with Gasteiger partial charge in [-0.3, -0.25) is 4.79 Å². The van der Waals surface area contributed by atoms with Crippen molar-refractivity contribution in [3.05, 3.63) is 53.3 Å². The summed E-state index contributed by atoms with van der Waals surface area (Å²) in [5.41, 5.74) is 2.73. The Labute approximate surface area is 135 Å². The molecule has 1 amide bonds. The number of hydrogen-bond donors (Lipinski definition) is 1. The van der Waals surface area contributed by atoms with Crippen molar-refractivity contribution in [2.45, 2.75) is 13.5 Å². The van der Waals surface area contributed by atoms with Crippen molar-refractivity contribution in [2.75, 3.05) is 31.2 Å². The van der Waals surface area contributed by atoms with Crippen LogP contribution in [0.5, 0.6) is 0 Å². The number of aryl methyl sites for hydroxylation is 1. The molecule has 1 fully saturated rings. The van der Waals surface area contributed by atoms with Gasteiger partial charge in [0.25, 0.3) is 5.91 Å². The zero-order valence-corrected chi connectivity index (χ0v) is 13.2. The molecular formula is C17H20N4O2. The molecule has 1 aliphatic rings. The van der Waals surface area contributed by atoms with Gasteiger partial charge < -0.3 is 15.0 Å². The van der Waals surface area contributed by atoms with E-state index in [4.69, 9.17) is 4.74 Å². The van der Waals surface area contributed by atoms with E-state index in [9.17, 15) is 4.79 Å². The molecule has 1 saturated heterocycles. The number of nitrogens with one attached hydrogen (secondary N) is 1. The van der Waals surface area contributed by atoms with Crippen LogP contribution in [0.2, 0.25) is 0 Å². The number of ether oxygens (including phenoxy) is 1. The Hall–Kier alpha value is -2.47. The third kappa shape index (κ3) is 3.84. The van der Waals surface area contributed by atoms with Gasteiger partial charge >= 0.3 is 0 Å². The molecular weight excluding hydrogens is 292 g/mol. The molecule has 2 heterocycles. The van der Waals surface area contributed by atoms with Crippen molar-refractivity contribution >= 4 is 11.9 Å². The smallest absolute Gasteiger partial charge is 0.254 e. The highest BCUT2D eigenvalue weighted by Gasteiger charge is 2.14. The van der Waals surface area contributed by atoms with Crippen LogP contribution in [0.3, 0.4) is 0 Å². The zero-order valence-electron chi connectivity index (χ0n) is 13.2. The summed E-state index contributed by atoms with van der Waals surface area (Å²) >= 11 is 0. The van der Waals surface area contributed by atoms with Gasteiger partial charge in [0.05, 0.1) is 18.8 Å². The van der Waals surface area contributed by atoms with E-state index in [1.807, 2.05) is 31.2 Å². The molecule has 1 aromatic carbocycles. The van der Waals surface area contributed by atoms with Crippen molar-refractivity contribution in [1.82, 2.24) is 15.3 Å². The lowest BCUT2D eigenvalue weighted by molar-refractivity contribution is 0.0950. The van der Waals surface area contributed by atoms with Crippen LogP contribution in [0.1, 0.15) is 21.5 Å². The maximum absolute atomic E-state index is 12.2. The molecule has 120 valence electrons. The van der Waals surface area contributed by atoms with Gasteiger partial charge in [0.15, 0.2) is 0 Å². The normalized spacial score (nSPS) is 14.6. The largest absolute Gasteiger partial charge is 0.378 e. The summed E-state index contributed by atoms with van der Waals surface area (Å²) in [4.78, 5) is 22.8. The molecule has 0 saturated carbocycles. The van der Waals surface area contributed by atoms with Gasteiger partial charge in [0.1, 0.15) is 0 Å². The fourth-order valence-electron chi connectivity index (χ4n) is 2.45. The predicted molar refractivity (Wildman–Crippen MR) is 87.4 cm³/mol. The third-order valence-electron chi connectivity index (χ3n) is 3.89. The first kappa shape index (κ1) is 15.4. The number of amides is 1. The van der Waals surface area contributed by atoms with E-state index >= 15 is 0 Å². The first-order valence-corrected chi connectivity index (χ1v) is 7.71. The Kier molecular flexibility index (Phi) is 4.83. The summed E-state index contributed by atoms with van der Waals surface area (Å²) in [6, 6.07) is 7.99. The molecule has 23 heavy (non-hydrogen) atoms. The highest BCUT2D eigenvalue weighted by Crippen LogP contribution is 2.10. The van der Waals surface area contributed by atoms with Crippen molar-refractivity contribution in [1.29, 1.82) is 0 Å². The topological polar surface area (TPSA) is 67.4 Å². The molecule has 0 unspecified atom stereocenters.